The van der Waals surface area contributed by atoms with Gasteiger partial charge in [-0.05, 0) is 42.3 Å². The molecule has 4 N–H and O–H groups in total. The number of fused-ring (bicyclic) bond motifs is 1. The van der Waals surface area contributed by atoms with Crippen molar-refractivity contribution in [1.82, 2.24) is 15.0 Å². The number of aliphatic hydroxyl groups is 1. The van der Waals surface area contributed by atoms with Crippen LogP contribution in [0.15, 0.2) is 48.8 Å². The second-order valence-electron chi connectivity index (χ2n) is 8.18. The quantitative estimate of drug-likeness (QED) is 0.439. The summed E-state index contributed by atoms with van der Waals surface area (Å²) in [5, 5.41) is 10.5. The van der Waals surface area contributed by atoms with Gasteiger partial charge in [0.2, 0.25) is 0 Å². The van der Waals surface area contributed by atoms with Crippen molar-refractivity contribution in [2.24, 2.45) is 5.73 Å². The predicted octanol–water partition coefficient (Wildman–Crippen LogP) is 3.48. The van der Waals surface area contributed by atoms with Crippen LogP contribution in [0.3, 0.4) is 0 Å². The lowest BCUT2D eigenvalue weighted by Crippen LogP contribution is -2.50. The Balaban J connectivity index is 1.72. The average molecular weight is 451 g/mol. The number of methoxy groups -OCH3 is 1. The van der Waals surface area contributed by atoms with Crippen LogP contribution in [-0.4, -0.2) is 52.4 Å². The number of ether oxygens (including phenoxy) is 1. The van der Waals surface area contributed by atoms with Crippen LogP contribution in [-0.2, 0) is 0 Å². The van der Waals surface area contributed by atoms with Crippen LogP contribution < -0.4 is 15.4 Å². The monoisotopic (exact) mass is 451 g/mol. The SMILES string of the molecule is COc1cc(F)cc(-c2cncc(-c3nc4ccc(F)cc4[nH]3)c2N2CC[C@H](N)[C@H](O)C2)c1. The van der Waals surface area contributed by atoms with E-state index in [1.165, 1.54) is 31.4 Å². The molecule has 2 aromatic carbocycles. The molecule has 5 rings (SSSR count). The zero-order valence-corrected chi connectivity index (χ0v) is 17.9. The number of aromatic nitrogens is 3. The fourth-order valence-corrected chi connectivity index (χ4v) is 4.28. The third kappa shape index (κ3) is 4.01. The van der Waals surface area contributed by atoms with Crippen molar-refractivity contribution in [2.75, 3.05) is 25.1 Å². The number of hydrogen-bond donors (Lipinski definition) is 3. The standard InChI is InChI=1S/C24H23F2N5O2/c1-33-16-7-13(6-15(26)8-16)17-10-28-11-18(23(17)31-5-4-19(27)22(32)12-31)24-29-20-3-2-14(25)9-21(20)30-24/h2-3,6-11,19,22,32H,4-5,12,27H2,1H3,(H,29,30)/t19-,22+/m0/s1. The lowest BCUT2D eigenvalue weighted by molar-refractivity contribution is 0.132. The maximum absolute atomic E-state index is 14.4. The molecule has 1 fully saturated rings. The summed E-state index contributed by atoms with van der Waals surface area (Å²) in [6.07, 6.45) is 3.17. The number of nitrogens with zero attached hydrogens (tertiary/aromatic N) is 3. The van der Waals surface area contributed by atoms with E-state index in [0.29, 0.717) is 58.8 Å². The highest BCUT2D eigenvalue weighted by Gasteiger charge is 2.29. The summed E-state index contributed by atoms with van der Waals surface area (Å²) in [4.78, 5) is 14.2. The fourth-order valence-electron chi connectivity index (χ4n) is 4.28. The summed E-state index contributed by atoms with van der Waals surface area (Å²) in [6.45, 7) is 0.885. The Hall–Kier alpha value is -3.56. The van der Waals surface area contributed by atoms with Gasteiger partial charge < -0.3 is 25.5 Å². The number of β-amino-alcohol motifs (C(OH)–C–C–N with tert-alkyl or cyclic N) is 1. The molecule has 1 aliphatic heterocycles. The first kappa shape index (κ1) is 21.3. The number of halogens is 2. The number of nitrogens with one attached hydrogen (secondary N) is 1. The molecule has 0 spiro atoms. The van der Waals surface area contributed by atoms with Gasteiger partial charge in [-0.1, -0.05) is 0 Å². The number of nitrogens with two attached hydrogens (primary N) is 1. The normalized spacial score (nSPS) is 18.6. The summed E-state index contributed by atoms with van der Waals surface area (Å²) in [5.74, 6) is 0.0550. The molecule has 0 saturated carbocycles. The van der Waals surface area contributed by atoms with E-state index in [2.05, 4.69) is 15.0 Å². The number of piperidine rings is 1. The van der Waals surface area contributed by atoms with Gasteiger partial charge >= 0.3 is 0 Å². The third-order valence-electron chi connectivity index (χ3n) is 5.98. The van der Waals surface area contributed by atoms with Crippen LogP contribution in [0.1, 0.15) is 6.42 Å². The summed E-state index contributed by atoms with van der Waals surface area (Å²) in [5.41, 5.74) is 9.79. The molecule has 7 nitrogen and oxygen atoms in total. The second kappa shape index (κ2) is 8.42. The lowest BCUT2D eigenvalue weighted by atomic mass is 9.97. The molecule has 1 aliphatic rings. The van der Waals surface area contributed by atoms with E-state index >= 15 is 0 Å². The van der Waals surface area contributed by atoms with E-state index in [4.69, 9.17) is 10.5 Å². The number of hydrogen-bond acceptors (Lipinski definition) is 6. The lowest BCUT2D eigenvalue weighted by Gasteiger charge is -2.37. The molecule has 0 bridgehead atoms. The predicted molar refractivity (Wildman–Crippen MR) is 122 cm³/mol. The molecule has 2 aromatic heterocycles. The molecule has 3 heterocycles. The minimum absolute atomic E-state index is 0.298. The number of pyridine rings is 1. The molecule has 2 atom stereocenters. The number of aliphatic hydroxyl groups excluding tert-OH is 1. The molecule has 33 heavy (non-hydrogen) atoms. The number of benzene rings is 2. The number of imidazole rings is 1. The third-order valence-corrected chi connectivity index (χ3v) is 5.98. The van der Waals surface area contributed by atoms with Crippen LogP contribution >= 0.6 is 0 Å². The fraction of sp³-hybridized carbons (Fsp3) is 0.250. The molecular weight excluding hydrogens is 428 g/mol. The Morgan fingerprint density at radius 1 is 1.12 bits per heavy atom. The highest BCUT2D eigenvalue weighted by Crippen LogP contribution is 2.40. The van der Waals surface area contributed by atoms with Crippen LogP contribution in [0.5, 0.6) is 5.75 Å². The van der Waals surface area contributed by atoms with Gasteiger partial charge in [-0.2, -0.15) is 0 Å². The van der Waals surface area contributed by atoms with Crippen molar-refractivity contribution >= 4 is 16.7 Å². The van der Waals surface area contributed by atoms with Crippen LogP contribution in [0.25, 0.3) is 33.5 Å². The molecule has 0 unspecified atom stereocenters. The highest BCUT2D eigenvalue weighted by molar-refractivity contribution is 5.91. The van der Waals surface area contributed by atoms with Crippen molar-refractivity contribution in [1.29, 1.82) is 0 Å². The number of anilines is 1. The molecular formula is C24H23F2N5O2. The maximum atomic E-state index is 14.4. The number of rotatable bonds is 4. The Morgan fingerprint density at radius 3 is 2.73 bits per heavy atom. The van der Waals surface area contributed by atoms with Gasteiger partial charge in [-0.25, -0.2) is 13.8 Å². The largest absolute Gasteiger partial charge is 0.497 e. The van der Waals surface area contributed by atoms with Gasteiger partial charge in [-0.3, -0.25) is 4.98 Å². The Morgan fingerprint density at radius 2 is 1.94 bits per heavy atom. The minimum atomic E-state index is -0.723. The molecule has 0 radical (unpaired) electrons. The molecule has 0 aliphatic carbocycles. The Kier molecular flexibility index (Phi) is 5.43. The minimum Gasteiger partial charge on any atom is -0.497 e. The smallest absolute Gasteiger partial charge is 0.142 e. The van der Waals surface area contributed by atoms with E-state index in [1.807, 2.05) is 4.90 Å². The van der Waals surface area contributed by atoms with Gasteiger partial charge in [0.05, 0.1) is 35.5 Å². The summed E-state index contributed by atoms with van der Waals surface area (Å²) >= 11 is 0. The molecule has 1 saturated heterocycles. The topological polar surface area (TPSA) is 100 Å². The first-order chi connectivity index (χ1) is 15.9. The second-order valence-corrected chi connectivity index (χ2v) is 8.18. The van der Waals surface area contributed by atoms with E-state index in [9.17, 15) is 13.9 Å². The zero-order chi connectivity index (χ0) is 23.1. The number of aromatic amines is 1. The van der Waals surface area contributed by atoms with Gasteiger partial charge in [-0.15, -0.1) is 0 Å². The van der Waals surface area contributed by atoms with Crippen molar-refractivity contribution in [2.45, 2.75) is 18.6 Å². The number of H-pyrrole nitrogens is 1. The van der Waals surface area contributed by atoms with Crippen molar-refractivity contribution < 1.29 is 18.6 Å². The molecule has 4 aromatic rings. The van der Waals surface area contributed by atoms with E-state index < -0.39 is 11.9 Å². The van der Waals surface area contributed by atoms with E-state index in [1.54, 1.807) is 24.5 Å². The Labute approximate surface area is 188 Å². The molecule has 170 valence electrons. The van der Waals surface area contributed by atoms with Crippen molar-refractivity contribution in [3.05, 3.63) is 60.4 Å². The summed E-state index contributed by atoms with van der Waals surface area (Å²) < 4.78 is 33.4. The van der Waals surface area contributed by atoms with Crippen LogP contribution in [0.2, 0.25) is 0 Å². The van der Waals surface area contributed by atoms with Crippen LogP contribution in [0, 0.1) is 11.6 Å². The Bertz CT molecular complexity index is 1330. The van der Waals surface area contributed by atoms with Gasteiger partial charge in [0.15, 0.2) is 0 Å². The highest BCUT2D eigenvalue weighted by atomic mass is 19.1. The first-order valence-corrected chi connectivity index (χ1v) is 10.6. The molecule has 9 heteroatoms. The van der Waals surface area contributed by atoms with E-state index in [-0.39, 0.29) is 11.9 Å². The maximum Gasteiger partial charge on any atom is 0.142 e. The zero-order valence-electron chi connectivity index (χ0n) is 17.9. The van der Waals surface area contributed by atoms with Gasteiger partial charge in [0.25, 0.3) is 0 Å². The van der Waals surface area contributed by atoms with Gasteiger partial charge in [0.1, 0.15) is 23.2 Å². The first-order valence-electron chi connectivity index (χ1n) is 10.6. The van der Waals surface area contributed by atoms with Crippen molar-refractivity contribution in [3.63, 3.8) is 0 Å². The molecule has 0 amide bonds. The summed E-state index contributed by atoms with van der Waals surface area (Å²) in [6, 6.07) is 8.45. The summed E-state index contributed by atoms with van der Waals surface area (Å²) in [7, 11) is 1.48. The van der Waals surface area contributed by atoms with E-state index in [0.717, 1.165) is 5.69 Å². The average Bonchev–Trinajstić information content (AvgIpc) is 3.23. The van der Waals surface area contributed by atoms with Crippen LogP contribution in [0.4, 0.5) is 14.5 Å². The van der Waals surface area contributed by atoms with Gasteiger partial charge in [0, 0.05) is 43.2 Å². The van der Waals surface area contributed by atoms with Crippen molar-refractivity contribution in [3.8, 4) is 28.3 Å².